The monoisotopic (exact) mass is 481 g/mol. The molecule has 0 atom stereocenters. The van der Waals surface area contributed by atoms with Gasteiger partial charge in [0.05, 0.1) is 15.6 Å². The molecule has 0 bridgehead atoms. The Morgan fingerprint density at radius 2 is 1.96 bits per heavy atom. The number of rotatable bonds is 5. The van der Waals surface area contributed by atoms with E-state index in [0.717, 1.165) is 17.3 Å². The number of amides is 2. The van der Waals surface area contributed by atoms with Crippen LogP contribution in [0.15, 0.2) is 47.4 Å². The minimum absolute atomic E-state index is 0.0567. The third-order valence-electron chi connectivity index (χ3n) is 3.91. The molecule has 26 heavy (non-hydrogen) atoms. The van der Waals surface area contributed by atoms with E-state index >= 15 is 0 Å². The summed E-state index contributed by atoms with van der Waals surface area (Å²) in [6.45, 7) is 0.350. The highest BCUT2D eigenvalue weighted by molar-refractivity contribution is 14.1. The number of hydrogen-bond donors (Lipinski definition) is 1. The zero-order chi connectivity index (χ0) is 18.7. The largest absolute Gasteiger partial charge is 0.504 e. The fourth-order valence-electron chi connectivity index (χ4n) is 2.56. The van der Waals surface area contributed by atoms with Crippen molar-refractivity contribution in [1.29, 1.82) is 0 Å². The number of carbonyl (C=O) groups excluding carboxylic acids is 2. The van der Waals surface area contributed by atoms with Crippen LogP contribution in [0.5, 0.6) is 11.5 Å². The summed E-state index contributed by atoms with van der Waals surface area (Å²) in [6.07, 6.45) is 2.27. The number of methoxy groups -OCH3 is 1. The molecule has 0 aromatic heterocycles. The Labute approximate surface area is 169 Å². The van der Waals surface area contributed by atoms with Crippen molar-refractivity contribution in [3.05, 3.63) is 62.1 Å². The summed E-state index contributed by atoms with van der Waals surface area (Å²) in [4.78, 5) is 26.4. The predicted octanol–water partition coefficient (Wildman–Crippen LogP) is 4.28. The van der Waals surface area contributed by atoms with Gasteiger partial charge in [0.2, 0.25) is 0 Å². The van der Waals surface area contributed by atoms with Gasteiger partial charge >= 0.3 is 0 Å². The van der Waals surface area contributed by atoms with Gasteiger partial charge in [-0.3, -0.25) is 14.5 Å². The molecule has 2 aromatic rings. The van der Waals surface area contributed by atoms with Crippen molar-refractivity contribution in [3.8, 4) is 11.5 Å². The summed E-state index contributed by atoms with van der Waals surface area (Å²) in [7, 11) is 1.46. The maximum absolute atomic E-state index is 12.6. The number of phenols is 1. The van der Waals surface area contributed by atoms with E-state index in [9.17, 15) is 14.7 Å². The molecule has 1 heterocycles. The van der Waals surface area contributed by atoms with Crippen LogP contribution in [-0.4, -0.2) is 34.8 Å². The quantitative estimate of drug-likeness (QED) is 0.510. The fraction of sp³-hybridized carbons (Fsp3) is 0.158. The highest BCUT2D eigenvalue weighted by atomic mass is 127. The van der Waals surface area contributed by atoms with Crippen molar-refractivity contribution < 1.29 is 19.4 Å². The van der Waals surface area contributed by atoms with Crippen LogP contribution in [-0.2, 0) is 11.2 Å². The van der Waals surface area contributed by atoms with Crippen molar-refractivity contribution >= 4 is 51.6 Å². The number of carbonyl (C=O) groups is 2. The summed E-state index contributed by atoms with van der Waals surface area (Å²) in [5.74, 6) is 0.0886. The Bertz CT molecular complexity index is 883. The Morgan fingerprint density at radius 1 is 1.23 bits per heavy atom. The van der Waals surface area contributed by atoms with Crippen LogP contribution >= 0.6 is 34.4 Å². The van der Waals surface area contributed by atoms with Gasteiger partial charge in [-0.15, -0.1) is 0 Å². The highest BCUT2D eigenvalue weighted by Crippen LogP contribution is 2.36. The van der Waals surface area contributed by atoms with Gasteiger partial charge in [-0.1, -0.05) is 30.3 Å². The van der Waals surface area contributed by atoms with Gasteiger partial charge in [0.25, 0.3) is 11.1 Å². The van der Waals surface area contributed by atoms with Gasteiger partial charge in [0, 0.05) is 6.54 Å². The summed E-state index contributed by atoms with van der Waals surface area (Å²) < 4.78 is 5.74. The Hall–Kier alpha value is -2.00. The van der Waals surface area contributed by atoms with E-state index in [4.69, 9.17) is 4.74 Å². The van der Waals surface area contributed by atoms with E-state index in [-0.39, 0.29) is 16.9 Å². The van der Waals surface area contributed by atoms with Crippen LogP contribution in [0.3, 0.4) is 0 Å². The lowest BCUT2D eigenvalue weighted by molar-refractivity contribution is -0.122. The van der Waals surface area contributed by atoms with Gasteiger partial charge in [-0.2, -0.15) is 0 Å². The van der Waals surface area contributed by atoms with Crippen molar-refractivity contribution in [2.75, 3.05) is 13.7 Å². The normalized spacial score (nSPS) is 15.8. The first-order valence-electron chi connectivity index (χ1n) is 7.85. The third-order valence-corrected chi connectivity index (χ3v) is 5.64. The number of aromatic hydroxyl groups is 1. The van der Waals surface area contributed by atoms with Crippen LogP contribution < -0.4 is 4.74 Å². The maximum Gasteiger partial charge on any atom is 0.293 e. The smallest absolute Gasteiger partial charge is 0.293 e. The number of nitrogens with zero attached hydrogens (tertiary/aromatic N) is 1. The highest BCUT2D eigenvalue weighted by Gasteiger charge is 2.34. The van der Waals surface area contributed by atoms with E-state index < -0.39 is 0 Å². The fourth-order valence-corrected chi connectivity index (χ4v) is 4.05. The third kappa shape index (κ3) is 4.04. The minimum atomic E-state index is -0.294. The van der Waals surface area contributed by atoms with Gasteiger partial charge in [-0.25, -0.2) is 0 Å². The molecule has 0 saturated carbocycles. The molecule has 1 aliphatic heterocycles. The molecular weight excluding hydrogens is 465 g/mol. The summed E-state index contributed by atoms with van der Waals surface area (Å²) >= 11 is 2.92. The first kappa shape index (κ1) is 18.8. The van der Waals surface area contributed by atoms with E-state index in [2.05, 4.69) is 0 Å². The van der Waals surface area contributed by atoms with Crippen LogP contribution in [0.4, 0.5) is 4.79 Å². The van der Waals surface area contributed by atoms with Crippen molar-refractivity contribution in [3.63, 3.8) is 0 Å². The molecule has 1 N–H and O–H groups in total. The molecule has 0 unspecified atom stereocenters. The number of phenolic OH excluding ortho intramolecular Hbond substituents is 1. The van der Waals surface area contributed by atoms with Gasteiger partial charge in [0.1, 0.15) is 0 Å². The Kier molecular flexibility index (Phi) is 5.87. The second-order valence-electron chi connectivity index (χ2n) is 5.62. The van der Waals surface area contributed by atoms with Gasteiger partial charge < -0.3 is 9.84 Å². The lowest BCUT2D eigenvalue weighted by Crippen LogP contribution is -2.30. The SMILES string of the molecule is COc1cc(/C=C2\SC(=O)N(CCc3ccccc3)C2=O)cc(I)c1O. The number of benzene rings is 2. The lowest BCUT2D eigenvalue weighted by Gasteiger charge is -2.12. The molecule has 0 aliphatic carbocycles. The maximum atomic E-state index is 12.6. The zero-order valence-electron chi connectivity index (χ0n) is 13.9. The summed E-state index contributed by atoms with van der Waals surface area (Å²) in [6, 6.07) is 13.1. The van der Waals surface area contributed by atoms with Crippen LogP contribution in [0.2, 0.25) is 0 Å². The van der Waals surface area contributed by atoms with Gasteiger partial charge in [0.15, 0.2) is 11.5 Å². The van der Waals surface area contributed by atoms with E-state index in [1.54, 1.807) is 18.2 Å². The van der Waals surface area contributed by atoms with Gasteiger partial charge in [-0.05, 0) is 70.1 Å². The standard InChI is InChI=1S/C19H16INO4S/c1-25-15-10-13(9-14(20)17(15)22)11-16-18(23)21(19(24)26-16)8-7-12-5-3-2-4-6-12/h2-6,9-11,22H,7-8H2,1H3/b16-11-. The molecule has 2 amide bonds. The van der Waals surface area contributed by atoms with Crippen LogP contribution in [0, 0.1) is 3.57 Å². The topological polar surface area (TPSA) is 66.8 Å². The molecule has 0 spiro atoms. The summed E-state index contributed by atoms with van der Waals surface area (Å²) in [5, 5.41) is 9.64. The molecule has 5 nitrogen and oxygen atoms in total. The van der Waals surface area contributed by atoms with Crippen molar-refractivity contribution in [1.82, 2.24) is 4.90 Å². The second kappa shape index (κ2) is 8.13. The molecule has 1 saturated heterocycles. The van der Waals surface area contributed by atoms with Crippen LogP contribution in [0.25, 0.3) is 6.08 Å². The Morgan fingerprint density at radius 3 is 2.65 bits per heavy atom. The first-order valence-corrected chi connectivity index (χ1v) is 9.75. The van der Waals surface area contributed by atoms with E-state index in [1.165, 1.54) is 12.0 Å². The second-order valence-corrected chi connectivity index (χ2v) is 7.78. The molecule has 134 valence electrons. The van der Waals surface area contributed by atoms with E-state index in [1.807, 2.05) is 52.9 Å². The van der Waals surface area contributed by atoms with Crippen molar-refractivity contribution in [2.45, 2.75) is 6.42 Å². The first-order chi connectivity index (χ1) is 12.5. The number of hydrogen-bond acceptors (Lipinski definition) is 5. The predicted molar refractivity (Wildman–Crippen MR) is 110 cm³/mol. The lowest BCUT2D eigenvalue weighted by atomic mass is 10.1. The molecule has 2 aromatic carbocycles. The number of imide groups is 1. The van der Waals surface area contributed by atoms with E-state index in [0.29, 0.717) is 32.8 Å². The molecule has 1 fully saturated rings. The average Bonchev–Trinajstić information content (AvgIpc) is 2.90. The minimum Gasteiger partial charge on any atom is -0.504 e. The zero-order valence-corrected chi connectivity index (χ0v) is 16.9. The number of halogens is 1. The molecule has 0 radical (unpaired) electrons. The molecule has 7 heteroatoms. The number of thioether (sulfide) groups is 1. The van der Waals surface area contributed by atoms with Crippen molar-refractivity contribution in [2.24, 2.45) is 0 Å². The number of ether oxygens (including phenoxy) is 1. The molecule has 3 rings (SSSR count). The molecular formula is C19H16INO4S. The summed E-state index contributed by atoms with van der Waals surface area (Å²) in [5.41, 5.74) is 1.77. The van der Waals surface area contributed by atoms with Crippen LogP contribution in [0.1, 0.15) is 11.1 Å². The Balaban J connectivity index is 1.78. The average molecular weight is 481 g/mol. The molecule has 1 aliphatic rings.